The van der Waals surface area contributed by atoms with Crippen LogP contribution in [0.2, 0.25) is 0 Å². The van der Waals surface area contributed by atoms with Gasteiger partial charge in [-0.15, -0.1) is 11.1 Å². The van der Waals surface area contributed by atoms with Gasteiger partial charge in [0.25, 0.3) is 0 Å². The van der Waals surface area contributed by atoms with E-state index in [0.717, 1.165) is 35.1 Å². The van der Waals surface area contributed by atoms with Gasteiger partial charge in [0.2, 0.25) is 0 Å². The van der Waals surface area contributed by atoms with Gasteiger partial charge >= 0.3 is 58.2 Å². The molecule has 0 bridgehead atoms. The first-order chi connectivity index (χ1) is 13.2. The van der Waals surface area contributed by atoms with Crippen LogP contribution in [-0.4, -0.2) is 20.4 Å². The van der Waals surface area contributed by atoms with Crippen molar-refractivity contribution in [3.8, 4) is 23.0 Å². The molecular formula is C25H31O4Rb. The Balaban J connectivity index is 0.00000256. The van der Waals surface area contributed by atoms with E-state index in [9.17, 15) is 20.4 Å². The Morgan fingerprint density at radius 1 is 0.600 bits per heavy atom. The van der Waals surface area contributed by atoms with Crippen LogP contribution in [0.1, 0.15) is 85.0 Å². The van der Waals surface area contributed by atoms with Crippen molar-refractivity contribution in [2.24, 2.45) is 0 Å². The third kappa shape index (κ3) is 2.73. The number of fused-ring (bicyclic) bond motifs is 4. The van der Waals surface area contributed by atoms with Crippen molar-refractivity contribution in [1.29, 1.82) is 0 Å². The summed E-state index contributed by atoms with van der Waals surface area (Å²) in [5, 5.41) is 42.5. The number of hydrogen-bond acceptors (Lipinski definition) is 4. The van der Waals surface area contributed by atoms with Gasteiger partial charge in [0.1, 0.15) is 5.75 Å². The molecule has 2 aliphatic rings. The van der Waals surface area contributed by atoms with Gasteiger partial charge in [0, 0.05) is 0 Å². The Morgan fingerprint density at radius 2 is 0.933 bits per heavy atom. The summed E-state index contributed by atoms with van der Waals surface area (Å²) in [5.74, 6) is -0.391. The first kappa shape index (κ1) is 24.0. The molecule has 30 heavy (non-hydrogen) atoms. The summed E-state index contributed by atoms with van der Waals surface area (Å²) in [4.78, 5) is 0. The zero-order valence-corrected chi connectivity index (χ0v) is 24.3. The molecule has 0 amide bonds. The molecule has 2 aliphatic carbocycles. The molecule has 1 atom stereocenters. The van der Waals surface area contributed by atoms with E-state index in [1.54, 1.807) is 0 Å². The van der Waals surface area contributed by atoms with Gasteiger partial charge in [0.15, 0.2) is 11.5 Å². The fourth-order valence-corrected chi connectivity index (χ4v) is 6.91. The van der Waals surface area contributed by atoms with E-state index in [1.165, 1.54) is 0 Å². The summed E-state index contributed by atoms with van der Waals surface area (Å²) in [7, 11) is 0. The van der Waals surface area contributed by atoms with Crippen molar-refractivity contribution in [3.05, 3.63) is 51.4 Å². The summed E-state index contributed by atoms with van der Waals surface area (Å²) in [6, 6.07) is 0. The topological polar surface area (TPSA) is 80.9 Å². The summed E-state index contributed by atoms with van der Waals surface area (Å²) in [5.41, 5.74) is 5.71. The molecule has 5 heteroatoms. The van der Waals surface area contributed by atoms with Gasteiger partial charge in [-0.25, -0.2) is 0 Å². The van der Waals surface area contributed by atoms with Crippen LogP contribution in [0.3, 0.4) is 0 Å². The molecule has 4 N–H and O–H groups in total. The van der Waals surface area contributed by atoms with E-state index in [-0.39, 0.29) is 92.0 Å². The standard InChI is InChI=1S/C25H31O4.Rb/c1-11-15-17(13(3)21(28)19(11)26)25(9-23(15,5)6)10-24(7,8)16-12(2)20(27)22(29)14(4)18(16)25;/h26-29H,3,9-10H2,1-2,4-8H3;/q-1;+1. The van der Waals surface area contributed by atoms with Crippen LogP contribution in [0.5, 0.6) is 23.0 Å². The van der Waals surface area contributed by atoms with Crippen molar-refractivity contribution in [2.45, 2.75) is 77.6 Å². The molecule has 4 rings (SSSR count). The molecule has 2 aromatic carbocycles. The zero-order chi connectivity index (χ0) is 21.8. The number of hydrogen-bond donors (Lipinski definition) is 4. The summed E-state index contributed by atoms with van der Waals surface area (Å²) in [6.07, 6.45) is 1.56. The van der Waals surface area contributed by atoms with E-state index < -0.39 is 5.41 Å². The predicted octanol–water partition coefficient (Wildman–Crippen LogP) is 2.27. The normalized spacial score (nSPS) is 22.6. The Morgan fingerprint density at radius 3 is 1.37 bits per heavy atom. The van der Waals surface area contributed by atoms with Crippen LogP contribution in [0.4, 0.5) is 0 Å². The molecule has 1 spiro atoms. The van der Waals surface area contributed by atoms with E-state index in [4.69, 9.17) is 0 Å². The number of phenols is 4. The molecule has 0 heterocycles. The zero-order valence-electron chi connectivity index (χ0n) is 19.4. The summed E-state index contributed by atoms with van der Waals surface area (Å²) < 4.78 is 0. The quantitative estimate of drug-likeness (QED) is 0.344. The molecule has 0 aromatic heterocycles. The molecule has 0 fully saturated rings. The second-order valence-corrected chi connectivity index (χ2v) is 10.5. The third-order valence-corrected chi connectivity index (χ3v) is 7.52. The minimum Gasteiger partial charge on any atom is -0.561 e. The first-order valence-electron chi connectivity index (χ1n) is 10.2. The molecule has 1 unspecified atom stereocenters. The SMILES string of the molecule is [CH2-]c1c(O)c(O)c(C)c2c1C1(CC2(C)C)CC(C)(C)c2c(C)c(O)c(O)c(C)c21.[Rb+]. The fourth-order valence-electron chi connectivity index (χ4n) is 6.91. The second-order valence-electron chi connectivity index (χ2n) is 10.5. The Labute approximate surface area is 228 Å². The molecule has 156 valence electrons. The van der Waals surface area contributed by atoms with Gasteiger partial charge < -0.3 is 20.4 Å². The maximum absolute atomic E-state index is 10.7. The minimum absolute atomic E-state index is 0. The first-order valence-corrected chi connectivity index (χ1v) is 10.2. The Hall–Kier alpha value is -0.685. The molecule has 0 saturated carbocycles. The number of rotatable bonds is 0. The maximum Gasteiger partial charge on any atom is 1.00 e. The van der Waals surface area contributed by atoms with Crippen LogP contribution in [0.15, 0.2) is 0 Å². The molecule has 4 nitrogen and oxygen atoms in total. The van der Waals surface area contributed by atoms with E-state index >= 15 is 0 Å². The Bertz CT molecular complexity index is 1010. The molecule has 0 saturated heterocycles. The maximum atomic E-state index is 10.7. The van der Waals surface area contributed by atoms with E-state index in [1.807, 2.05) is 20.8 Å². The molecule has 0 aliphatic heterocycles. The van der Waals surface area contributed by atoms with Crippen LogP contribution in [-0.2, 0) is 16.2 Å². The van der Waals surface area contributed by atoms with Gasteiger partial charge in [-0.2, -0.15) is 6.92 Å². The monoisotopic (exact) mass is 480 g/mol. The second kappa shape index (κ2) is 6.90. The average molecular weight is 481 g/mol. The van der Waals surface area contributed by atoms with Crippen molar-refractivity contribution in [1.82, 2.24) is 0 Å². The number of aromatic hydroxyl groups is 4. The average Bonchev–Trinajstić information content (AvgIpc) is 2.99. The van der Waals surface area contributed by atoms with Crippen molar-refractivity contribution < 1.29 is 78.6 Å². The molecular weight excluding hydrogens is 450 g/mol. The van der Waals surface area contributed by atoms with E-state index in [2.05, 4.69) is 34.6 Å². The van der Waals surface area contributed by atoms with Crippen molar-refractivity contribution in [3.63, 3.8) is 0 Å². The van der Waals surface area contributed by atoms with Gasteiger partial charge in [-0.3, -0.25) is 0 Å². The fraction of sp³-hybridized carbons (Fsp3) is 0.480. The summed E-state index contributed by atoms with van der Waals surface area (Å²) in [6.45, 7) is 18.4. The van der Waals surface area contributed by atoms with Crippen molar-refractivity contribution >= 4 is 0 Å². The Kier molecular flexibility index (Phi) is 5.52. The van der Waals surface area contributed by atoms with Crippen LogP contribution in [0.25, 0.3) is 0 Å². The number of phenolic OH excluding ortho intramolecular Hbond substituents is 4. The van der Waals surface area contributed by atoms with Gasteiger partial charge in [0.05, 0.1) is 5.75 Å². The predicted molar refractivity (Wildman–Crippen MR) is 114 cm³/mol. The largest absolute Gasteiger partial charge is 1.00 e. The summed E-state index contributed by atoms with van der Waals surface area (Å²) >= 11 is 0. The molecule has 0 radical (unpaired) electrons. The van der Waals surface area contributed by atoms with E-state index in [0.29, 0.717) is 22.3 Å². The van der Waals surface area contributed by atoms with Crippen LogP contribution < -0.4 is 58.2 Å². The van der Waals surface area contributed by atoms with Gasteiger partial charge in [-0.1, -0.05) is 33.3 Å². The van der Waals surface area contributed by atoms with Crippen LogP contribution in [0, 0.1) is 27.7 Å². The third-order valence-electron chi connectivity index (χ3n) is 7.52. The van der Waals surface area contributed by atoms with Crippen molar-refractivity contribution in [2.75, 3.05) is 0 Å². The number of benzene rings is 2. The smallest absolute Gasteiger partial charge is 0.561 e. The van der Waals surface area contributed by atoms with Gasteiger partial charge in [-0.05, 0) is 77.7 Å². The minimum atomic E-state index is -0.454. The molecule has 2 aromatic rings. The van der Waals surface area contributed by atoms with Crippen LogP contribution >= 0.6 is 0 Å².